The molecular weight excluding hydrogens is 455 g/mol. The lowest BCUT2D eigenvalue weighted by molar-refractivity contribution is -0.254. The second-order valence-electron chi connectivity index (χ2n) is 10.5. The highest BCUT2D eigenvalue weighted by Crippen LogP contribution is 2.47. The molecule has 2 amide bonds. The number of carbonyl (C=O) groups excluding carboxylic acids is 1. The first-order chi connectivity index (χ1) is 15.7. The molecule has 1 aromatic rings. The van der Waals surface area contributed by atoms with Gasteiger partial charge >= 0.3 is 12.3 Å². The molecule has 5 atom stereocenters. The van der Waals surface area contributed by atoms with E-state index in [1.807, 2.05) is 6.07 Å². The Morgan fingerprint density at radius 1 is 1.21 bits per heavy atom. The highest BCUT2D eigenvalue weighted by atomic mass is 19.4. The minimum absolute atomic E-state index is 0.237. The number of benzene rings is 1. The second kappa shape index (κ2) is 8.30. The zero-order chi connectivity index (χ0) is 25.1. The summed E-state index contributed by atoms with van der Waals surface area (Å²) in [5.74, 6) is 0.0412. The summed E-state index contributed by atoms with van der Waals surface area (Å²) in [5, 5.41) is 23.4. The summed E-state index contributed by atoms with van der Waals surface area (Å²) in [6.07, 6.45) is -6.42. The molecule has 34 heavy (non-hydrogen) atoms. The van der Waals surface area contributed by atoms with E-state index in [0.29, 0.717) is 18.8 Å². The highest BCUT2D eigenvalue weighted by molar-refractivity contribution is 5.86. The molecule has 0 bridgehead atoms. The van der Waals surface area contributed by atoms with Crippen molar-refractivity contribution in [2.75, 3.05) is 19.7 Å². The number of nitrogens with one attached hydrogen (secondary N) is 1. The van der Waals surface area contributed by atoms with Crippen molar-refractivity contribution in [1.29, 1.82) is 0 Å². The van der Waals surface area contributed by atoms with E-state index in [4.69, 9.17) is 4.74 Å². The fraction of sp³-hybridized carbons (Fsp3) is 0.652. The first-order valence-corrected chi connectivity index (χ1v) is 11.3. The fourth-order valence-corrected chi connectivity index (χ4v) is 5.61. The first-order valence-electron chi connectivity index (χ1n) is 11.3. The van der Waals surface area contributed by atoms with Crippen molar-refractivity contribution in [1.82, 2.24) is 15.1 Å². The van der Waals surface area contributed by atoms with E-state index in [0.717, 1.165) is 10.5 Å². The standard InChI is InChI=1S/C23H30F3N3O5/c1-21(2,3)18-15-10-22(33,23(24,25)26)12-28(15)11-16(29(18)20(31)32)19(30)27-14-8-9-34-17-7-5-4-6-13(14)17/h4-7,14-16,18,33H,8-12H2,1-3H3,(H,27,30)(H,31,32)/t14-,15-,16+,18?,22-/m1/s1. The van der Waals surface area contributed by atoms with Crippen molar-refractivity contribution in [3.8, 4) is 5.75 Å². The number of piperazine rings is 1. The number of carbonyl (C=O) groups is 2. The molecule has 11 heteroatoms. The van der Waals surface area contributed by atoms with Gasteiger partial charge in [0, 0.05) is 37.5 Å². The van der Waals surface area contributed by atoms with Crippen LogP contribution in [0.1, 0.15) is 45.2 Å². The zero-order valence-electron chi connectivity index (χ0n) is 19.3. The van der Waals surface area contributed by atoms with Gasteiger partial charge in [0.25, 0.3) is 0 Å². The molecule has 4 rings (SSSR count). The Bertz CT molecular complexity index is 966. The molecule has 3 aliphatic heterocycles. The third-order valence-corrected chi connectivity index (χ3v) is 7.10. The average Bonchev–Trinajstić information content (AvgIpc) is 3.08. The molecule has 0 spiro atoms. The van der Waals surface area contributed by atoms with Crippen molar-refractivity contribution in [3.05, 3.63) is 29.8 Å². The summed E-state index contributed by atoms with van der Waals surface area (Å²) in [5.41, 5.74) is -2.99. The van der Waals surface area contributed by atoms with Crippen LogP contribution in [0, 0.1) is 5.41 Å². The number of rotatable bonds is 2. The van der Waals surface area contributed by atoms with E-state index in [2.05, 4.69) is 5.32 Å². The summed E-state index contributed by atoms with van der Waals surface area (Å²) in [6, 6.07) is 3.74. The largest absolute Gasteiger partial charge is 0.493 e. The Morgan fingerprint density at radius 3 is 2.50 bits per heavy atom. The summed E-state index contributed by atoms with van der Waals surface area (Å²) in [6.45, 7) is 4.61. The number of ether oxygens (including phenoxy) is 1. The molecule has 0 saturated carbocycles. The van der Waals surface area contributed by atoms with Gasteiger partial charge in [0.15, 0.2) is 5.60 Å². The van der Waals surface area contributed by atoms with E-state index in [-0.39, 0.29) is 6.54 Å². The molecule has 1 aromatic carbocycles. The zero-order valence-corrected chi connectivity index (χ0v) is 19.3. The van der Waals surface area contributed by atoms with Crippen molar-refractivity contribution in [3.63, 3.8) is 0 Å². The van der Waals surface area contributed by atoms with Crippen molar-refractivity contribution in [2.45, 2.75) is 69.6 Å². The molecule has 2 saturated heterocycles. The fourth-order valence-electron chi connectivity index (χ4n) is 5.61. The molecule has 3 heterocycles. The molecule has 3 N–H and O–H groups in total. The van der Waals surface area contributed by atoms with E-state index in [1.165, 1.54) is 4.90 Å². The minimum Gasteiger partial charge on any atom is -0.493 e. The molecule has 1 unspecified atom stereocenters. The molecule has 0 aromatic heterocycles. The molecule has 2 fully saturated rings. The Labute approximate surface area is 195 Å². The molecule has 3 aliphatic rings. The van der Waals surface area contributed by atoms with Crippen LogP contribution in [0.15, 0.2) is 24.3 Å². The summed E-state index contributed by atoms with van der Waals surface area (Å²) < 4.78 is 46.6. The maximum Gasteiger partial charge on any atom is 0.418 e. The highest BCUT2D eigenvalue weighted by Gasteiger charge is 2.65. The number of para-hydroxylation sites is 1. The van der Waals surface area contributed by atoms with Gasteiger partial charge in [0.1, 0.15) is 11.8 Å². The normalized spacial score (nSPS) is 31.9. The van der Waals surface area contributed by atoms with Crippen LogP contribution in [0.25, 0.3) is 0 Å². The van der Waals surface area contributed by atoms with Crippen LogP contribution in [0.5, 0.6) is 5.75 Å². The third-order valence-electron chi connectivity index (χ3n) is 7.10. The lowest BCUT2D eigenvalue weighted by Gasteiger charge is -2.52. The van der Waals surface area contributed by atoms with Gasteiger partial charge in [-0.1, -0.05) is 39.0 Å². The van der Waals surface area contributed by atoms with Crippen molar-refractivity contribution < 1.29 is 37.7 Å². The van der Waals surface area contributed by atoms with E-state index < -0.39 is 66.3 Å². The monoisotopic (exact) mass is 485 g/mol. The van der Waals surface area contributed by atoms with Gasteiger partial charge in [0.05, 0.1) is 18.7 Å². The molecule has 8 nitrogen and oxygen atoms in total. The Hall–Kier alpha value is -2.53. The first kappa shape index (κ1) is 24.6. The number of fused-ring (bicyclic) bond motifs is 2. The third kappa shape index (κ3) is 4.19. The van der Waals surface area contributed by atoms with Gasteiger partial charge in [-0.2, -0.15) is 13.2 Å². The van der Waals surface area contributed by atoms with Crippen LogP contribution in [-0.4, -0.2) is 81.6 Å². The van der Waals surface area contributed by atoms with Gasteiger partial charge in [-0.15, -0.1) is 0 Å². The van der Waals surface area contributed by atoms with Crippen molar-refractivity contribution in [2.24, 2.45) is 5.41 Å². The van der Waals surface area contributed by atoms with E-state index >= 15 is 0 Å². The number of alkyl halides is 3. The number of hydrogen-bond acceptors (Lipinski definition) is 5. The average molecular weight is 486 g/mol. The molecule has 0 radical (unpaired) electrons. The van der Waals surface area contributed by atoms with Crippen LogP contribution < -0.4 is 10.1 Å². The Balaban J connectivity index is 1.66. The van der Waals surface area contributed by atoms with Gasteiger partial charge < -0.3 is 20.3 Å². The van der Waals surface area contributed by atoms with Crippen LogP contribution in [0.2, 0.25) is 0 Å². The number of nitrogens with zero attached hydrogens (tertiary/aromatic N) is 2. The molecular formula is C23H30F3N3O5. The van der Waals surface area contributed by atoms with Crippen LogP contribution in [0.4, 0.5) is 18.0 Å². The molecule has 188 valence electrons. The van der Waals surface area contributed by atoms with Crippen LogP contribution in [-0.2, 0) is 4.79 Å². The number of carboxylic acid groups (broad SMARTS) is 1. The number of amides is 2. The van der Waals surface area contributed by atoms with Gasteiger partial charge in [-0.3, -0.25) is 14.6 Å². The maximum atomic E-state index is 13.7. The number of aliphatic hydroxyl groups is 1. The lowest BCUT2D eigenvalue weighted by atomic mass is 9.77. The van der Waals surface area contributed by atoms with Gasteiger partial charge in [0.2, 0.25) is 5.91 Å². The maximum absolute atomic E-state index is 13.7. The van der Waals surface area contributed by atoms with Crippen LogP contribution in [0.3, 0.4) is 0 Å². The van der Waals surface area contributed by atoms with Gasteiger partial charge in [-0.25, -0.2) is 4.79 Å². The number of hydrogen-bond donors (Lipinski definition) is 3. The Kier molecular flexibility index (Phi) is 6.00. The van der Waals surface area contributed by atoms with Crippen molar-refractivity contribution >= 4 is 12.0 Å². The Morgan fingerprint density at radius 2 is 1.88 bits per heavy atom. The topological polar surface area (TPSA) is 102 Å². The SMILES string of the molecule is CC(C)(C)C1[C@H]2C[C@](O)(C(F)(F)F)CN2C[C@@H](C(=O)N[C@@H]2CCOc3ccccc32)N1C(=O)O. The van der Waals surface area contributed by atoms with Crippen LogP contribution >= 0.6 is 0 Å². The smallest absolute Gasteiger partial charge is 0.418 e. The summed E-state index contributed by atoms with van der Waals surface area (Å²) >= 11 is 0. The lowest BCUT2D eigenvalue weighted by Crippen LogP contribution is -2.70. The second-order valence-corrected chi connectivity index (χ2v) is 10.5. The predicted octanol–water partition coefficient (Wildman–Crippen LogP) is 2.77. The number of halogens is 3. The van der Waals surface area contributed by atoms with Gasteiger partial charge in [-0.05, 0) is 11.5 Å². The van der Waals surface area contributed by atoms with E-state index in [1.54, 1.807) is 39.0 Å². The summed E-state index contributed by atoms with van der Waals surface area (Å²) in [4.78, 5) is 28.2. The minimum atomic E-state index is -4.87. The predicted molar refractivity (Wildman–Crippen MR) is 115 cm³/mol. The molecule has 0 aliphatic carbocycles. The van der Waals surface area contributed by atoms with E-state index in [9.17, 15) is 33.0 Å². The quantitative estimate of drug-likeness (QED) is 0.596. The summed E-state index contributed by atoms with van der Waals surface area (Å²) in [7, 11) is 0.